The molecule has 0 saturated carbocycles. The Labute approximate surface area is 149 Å². The molecule has 2 heterocycles. The lowest BCUT2D eigenvalue weighted by atomic mass is 10.2. The van der Waals surface area contributed by atoms with Crippen molar-refractivity contribution in [1.82, 2.24) is 4.98 Å². The lowest BCUT2D eigenvalue weighted by Gasteiger charge is -2.12. The predicted molar refractivity (Wildman–Crippen MR) is 98.5 cm³/mol. The average molecular weight is 390 g/mol. The maximum atomic E-state index is 12.4. The minimum Gasteiger partial charge on any atom is -0.382 e. The minimum absolute atomic E-state index is 0.236. The number of aryl methyl sites for hydroxylation is 1. The van der Waals surface area contributed by atoms with Gasteiger partial charge in [-0.3, -0.25) is 9.78 Å². The summed E-state index contributed by atoms with van der Waals surface area (Å²) < 4.78 is 6.44. The van der Waals surface area contributed by atoms with Crippen molar-refractivity contribution in [1.29, 1.82) is 0 Å². The minimum atomic E-state index is -0.236. The van der Waals surface area contributed by atoms with E-state index in [0.717, 1.165) is 47.4 Å². The van der Waals surface area contributed by atoms with Gasteiger partial charge >= 0.3 is 0 Å². The first-order valence-corrected chi connectivity index (χ1v) is 8.80. The first-order chi connectivity index (χ1) is 11.6. The van der Waals surface area contributed by atoms with Crippen molar-refractivity contribution in [3.63, 3.8) is 0 Å². The van der Waals surface area contributed by atoms with Gasteiger partial charge in [0.2, 0.25) is 0 Å². The van der Waals surface area contributed by atoms with Gasteiger partial charge in [-0.15, -0.1) is 0 Å². The summed E-state index contributed by atoms with van der Waals surface area (Å²) in [6.45, 7) is 3.58. The maximum Gasteiger partial charge on any atom is 0.274 e. The third-order valence-corrected chi connectivity index (χ3v) is 4.58. The number of nitrogens with zero attached hydrogens (tertiary/aromatic N) is 1. The molecule has 2 aromatic rings. The summed E-state index contributed by atoms with van der Waals surface area (Å²) in [7, 11) is 0. The molecule has 0 radical (unpaired) electrons. The van der Waals surface area contributed by atoms with E-state index in [1.165, 1.54) is 0 Å². The van der Waals surface area contributed by atoms with Gasteiger partial charge in [-0.1, -0.05) is 6.07 Å². The summed E-state index contributed by atoms with van der Waals surface area (Å²) in [5, 5.41) is 6.19. The van der Waals surface area contributed by atoms with Crippen LogP contribution in [-0.2, 0) is 4.74 Å². The van der Waals surface area contributed by atoms with E-state index in [0.29, 0.717) is 5.69 Å². The van der Waals surface area contributed by atoms with E-state index in [2.05, 4.69) is 31.5 Å². The fourth-order valence-electron chi connectivity index (χ4n) is 2.61. The number of rotatable bonds is 5. The van der Waals surface area contributed by atoms with Crippen molar-refractivity contribution < 1.29 is 9.53 Å². The number of anilines is 2. The zero-order valence-corrected chi connectivity index (χ0v) is 15.1. The Kier molecular flexibility index (Phi) is 5.48. The number of benzene rings is 1. The average Bonchev–Trinajstić information content (AvgIpc) is 3.09. The lowest BCUT2D eigenvalue weighted by molar-refractivity contribution is 0.102. The standard InChI is InChI=1S/C18H20BrN3O2/c1-12-4-5-16(15(19)9-12)22-18(23)17-10-13(6-7-20-17)21-11-14-3-2-8-24-14/h4-7,9-10,14H,2-3,8,11H2,1H3,(H,20,21)(H,22,23). The van der Waals surface area contributed by atoms with Gasteiger partial charge in [0.15, 0.2) is 0 Å². The second-order valence-electron chi connectivity index (χ2n) is 5.88. The van der Waals surface area contributed by atoms with Crippen LogP contribution in [0.1, 0.15) is 28.9 Å². The summed E-state index contributed by atoms with van der Waals surface area (Å²) >= 11 is 3.46. The number of halogens is 1. The zero-order chi connectivity index (χ0) is 16.9. The molecule has 0 aliphatic carbocycles. The van der Waals surface area contributed by atoms with E-state index in [4.69, 9.17) is 4.74 Å². The number of ether oxygens (including phenoxy) is 1. The third kappa shape index (κ3) is 4.33. The van der Waals surface area contributed by atoms with Crippen molar-refractivity contribution in [2.24, 2.45) is 0 Å². The first-order valence-electron chi connectivity index (χ1n) is 8.01. The largest absolute Gasteiger partial charge is 0.382 e. The topological polar surface area (TPSA) is 63.2 Å². The molecule has 1 aromatic heterocycles. The van der Waals surface area contributed by atoms with Crippen LogP contribution in [-0.4, -0.2) is 30.1 Å². The number of carbonyl (C=O) groups excluding carboxylic acids is 1. The summed E-state index contributed by atoms with van der Waals surface area (Å²) in [4.78, 5) is 16.6. The van der Waals surface area contributed by atoms with Gasteiger partial charge in [-0.25, -0.2) is 0 Å². The highest BCUT2D eigenvalue weighted by Crippen LogP contribution is 2.24. The molecule has 3 rings (SSSR count). The normalized spacial score (nSPS) is 16.8. The fraction of sp³-hybridized carbons (Fsp3) is 0.333. The lowest BCUT2D eigenvalue weighted by Crippen LogP contribution is -2.19. The molecular weight excluding hydrogens is 370 g/mol. The summed E-state index contributed by atoms with van der Waals surface area (Å²) in [6.07, 6.45) is 4.07. The Hall–Kier alpha value is -1.92. The van der Waals surface area contributed by atoms with E-state index < -0.39 is 0 Å². The molecule has 126 valence electrons. The summed E-state index contributed by atoms with van der Waals surface area (Å²) in [5.41, 5.74) is 3.09. The SMILES string of the molecule is Cc1ccc(NC(=O)c2cc(NCC3CCCO3)ccn2)c(Br)c1. The van der Waals surface area contributed by atoms with Crippen LogP contribution in [0.5, 0.6) is 0 Å². The Balaban J connectivity index is 1.65. The van der Waals surface area contributed by atoms with Gasteiger partial charge in [0.1, 0.15) is 5.69 Å². The van der Waals surface area contributed by atoms with Crippen LogP contribution in [0.25, 0.3) is 0 Å². The van der Waals surface area contributed by atoms with Gasteiger partial charge in [0.25, 0.3) is 5.91 Å². The molecule has 1 aliphatic rings. The van der Waals surface area contributed by atoms with Crippen molar-refractivity contribution in [2.45, 2.75) is 25.9 Å². The van der Waals surface area contributed by atoms with Crippen molar-refractivity contribution >= 4 is 33.2 Å². The molecule has 1 fully saturated rings. The van der Waals surface area contributed by atoms with Crippen LogP contribution in [0.3, 0.4) is 0 Å². The molecule has 0 spiro atoms. The van der Waals surface area contributed by atoms with Crippen molar-refractivity contribution in [3.05, 3.63) is 52.3 Å². The number of carbonyl (C=O) groups is 1. The van der Waals surface area contributed by atoms with Gasteiger partial charge < -0.3 is 15.4 Å². The number of pyridine rings is 1. The first kappa shape index (κ1) is 16.9. The highest BCUT2D eigenvalue weighted by molar-refractivity contribution is 9.10. The predicted octanol–water partition coefficient (Wildman–Crippen LogP) is 4.00. The highest BCUT2D eigenvalue weighted by Gasteiger charge is 2.15. The molecular formula is C18H20BrN3O2. The van der Waals surface area contributed by atoms with Gasteiger partial charge in [0.05, 0.1) is 11.8 Å². The Morgan fingerprint density at radius 2 is 2.25 bits per heavy atom. The van der Waals surface area contributed by atoms with Gasteiger partial charge in [-0.05, 0) is 65.5 Å². The fourth-order valence-corrected chi connectivity index (χ4v) is 3.20. The number of hydrogen-bond acceptors (Lipinski definition) is 4. The number of amides is 1. The highest BCUT2D eigenvalue weighted by atomic mass is 79.9. The zero-order valence-electron chi connectivity index (χ0n) is 13.5. The maximum absolute atomic E-state index is 12.4. The van der Waals surface area contributed by atoms with Crippen LogP contribution >= 0.6 is 15.9 Å². The number of nitrogens with one attached hydrogen (secondary N) is 2. The molecule has 1 aliphatic heterocycles. The third-order valence-electron chi connectivity index (χ3n) is 3.92. The van der Waals surface area contributed by atoms with Gasteiger partial charge in [-0.2, -0.15) is 0 Å². The molecule has 6 heteroatoms. The Morgan fingerprint density at radius 1 is 1.38 bits per heavy atom. The molecule has 1 atom stereocenters. The monoisotopic (exact) mass is 389 g/mol. The quantitative estimate of drug-likeness (QED) is 0.810. The van der Waals surface area contributed by atoms with Crippen LogP contribution in [0, 0.1) is 6.92 Å². The molecule has 5 nitrogen and oxygen atoms in total. The smallest absolute Gasteiger partial charge is 0.274 e. The van der Waals surface area contributed by atoms with E-state index in [9.17, 15) is 4.79 Å². The van der Waals surface area contributed by atoms with E-state index in [1.807, 2.05) is 31.2 Å². The van der Waals surface area contributed by atoms with Crippen LogP contribution in [0.4, 0.5) is 11.4 Å². The Bertz CT molecular complexity index is 730. The Morgan fingerprint density at radius 3 is 3.00 bits per heavy atom. The number of aromatic nitrogens is 1. The molecule has 1 saturated heterocycles. The van der Waals surface area contributed by atoms with E-state index in [-0.39, 0.29) is 12.0 Å². The molecule has 0 bridgehead atoms. The van der Waals surface area contributed by atoms with Crippen molar-refractivity contribution in [2.75, 3.05) is 23.8 Å². The second-order valence-corrected chi connectivity index (χ2v) is 6.74. The van der Waals surface area contributed by atoms with Crippen LogP contribution < -0.4 is 10.6 Å². The molecule has 2 N–H and O–H groups in total. The molecule has 1 aromatic carbocycles. The van der Waals surface area contributed by atoms with E-state index in [1.54, 1.807) is 12.3 Å². The summed E-state index contributed by atoms with van der Waals surface area (Å²) in [5.74, 6) is -0.236. The molecule has 1 unspecified atom stereocenters. The molecule has 24 heavy (non-hydrogen) atoms. The number of hydrogen-bond donors (Lipinski definition) is 2. The van der Waals surface area contributed by atoms with Crippen LogP contribution in [0.2, 0.25) is 0 Å². The summed E-state index contributed by atoms with van der Waals surface area (Å²) in [6, 6.07) is 9.40. The van der Waals surface area contributed by atoms with E-state index >= 15 is 0 Å². The van der Waals surface area contributed by atoms with Gasteiger partial charge in [0, 0.05) is 29.5 Å². The van der Waals surface area contributed by atoms with Crippen molar-refractivity contribution in [3.8, 4) is 0 Å². The molecule has 1 amide bonds. The second kappa shape index (κ2) is 7.77. The van der Waals surface area contributed by atoms with Crippen LogP contribution in [0.15, 0.2) is 41.0 Å².